The minimum absolute atomic E-state index is 0.194. The first kappa shape index (κ1) is 14.2. The van der Waals surface area contributed by atoms with Gasteiger partial charge in [-0.1, -0.05) is 6.07 Å². The van der Waals surface area contributed by atoms with Crippen molar-refractivity contribution in [3.05, 3.63) is 23.8 Å². The monoisotopic (exact) mass is 300 g/mol. The molecule has 0 amide bonds. The van der Waals surface area contributed by atoms with Crippen LogP contribution in [0.2, 0.25) is 0 Å². The first-order valence-electron chi connectivity index (χ1n) is 4.22. The molecular formula is C8H9ClO6S2. The molecule has 0 fully saturated rings. The van der Waals surface area contributed by atoms with Gasteiger partial charge in [0.05, 0.1) is 4.90 Å². The molecule has 9 heteroatoms. The summed E-state index contributed by atoms with van der Waals surface area (Å²) >= 11 is 5.14. The third-order valence-corrected chi connectivity index (χ3v) is 4.16. The molecule has 1 N–H and O–H groups in total. The van der Waals surface area contributed by atoms with Crippen molar-refractivity contribution in [2.24, 2.45) is 0 Å². The maximum Gasteiger partial charge on any atom is 0.323 e. The van der Waals surface area contributed by atoms with Gasteiger partial charge in [-0.3, -0.25) is 4.55 Å². The van der Waals surface area contributed by atoms with E-state index in [-0.39, 0.29) is 5.75 Å². The Balaban J connectivity index is 3.26. The molecule has 1 aromatic rings. The first-order chi connectivity index (χ1) is 7.65. The smallest absolute Gasteiger partial charge is 0.323 e. The molecule has 0 bridgehead atoms. The predicted molar refractivity (Wildman–Crippen MR) is 61.3 cm³/mol. The summed E-state index contributed by atoms with van der Waals surface area (Å²) in [4.78, 5) is -0.456. The van der Waals surface area contributed by atoms with Crippen molar-refractivity contribution in [3.8, 4) is 5.75 Å². The van der Waals surface area contributed by atoms with Gasteiger partial charge >= 0.3 is 10.1 Å². The standard InChI is InChI=1S/C8H9ClO6S2/c1-6-2-3-7(17(12,13)14)4-8(6)15-16(10,11)5-9/h2-4H,5H2,1H3,(H,12,13,14). The second kappa shape index (κ2) is 4.81. The summed E-state index contributed by atoms with van der Waals surface area (Å²) in [5.74, 6) is -0.194. The van der Waals surface area contributed by atoms with E-state index in [1.54, 1.807) is 0 Å². The van der Waals surface area contributed by atoms with Gasteiger partial charge in [-0.2, -0.15) is 16.8 Å². The van der Waals surface area contributed by atoms with E-state index in [1.165, 1.54) is 13.0 Å². The molecule has 0 atom stereocenters. The minimum Gasteiger partial charge on any atom is -0.381 e. The van der Waals surface area contributed by atoms with Gasteiger partial charge in [0.15, 0.2) is 5.21 Å². The molecule has 1 rings (SSSR count). The van der Waals surface area contributed by atoms with Gasteiger partial charge in [-0.25, -0.2) is 0 Å². The van der Waals surface area contributed by atoms with Crippen LogP contribution in [0.25, 0.3) is 0 Å². The van der Waals surface area contributed by atoms with Gasteiger partial charge in [0.1, 0.15) is 5.75 Å². The summed E-state index contributed by atoms with van der Waals surface area (Å²) in [5, 5.41) is -0.761. The third-order valence-electron chi connectivity index (χ3n) is 1.81. The van der Waals surface area contributed by atoms with Crippen LogP contribution in [0.5, 0.6) is 5.75 Å². The molecule has 0 saturated heterocycles. The van der Waals surface area contributed by atoms with E-state index >= 15 is 0 Å². The fraction of sp³-hybridized carbons (Fsp3) is 0.250. The molecule has 6 nitrogen and oxygen atoms in total. The maximum atomic E-state index is 11.1. The van der Waals surface area contributed by atoms with E-state index in [0.29, 0.717) is 5.56 Å². The Labute approximate surface area is 104 Å². The van der Waals surface area contributed by atoms with Crippen molar-refractivity contribution in [1.82, 2.24) is 0 Å². The first-order valence-corrected chi connectivity index (χ1v) is 7.77. The van der Waals surface area contributed by atoms with Crippen LogP contribution >= 0.6 is 11.6 Å². The lowest BCUT2D eigenvalue weighted by atomic mass is 10.2. The van der Waals surface area contributed by atoms with Crippen LogP contribution in [0.15, 0.2) is 23.1 Å². The second-order valence-corrected chi connectivity index (χ2v) is 6.73. The van der Waals surface area contributed by atoms with Crippen molar-refractivity contribution < 1.29 is 25.6 Å². The number of halogens is 1. The van der Waals surface area contributed by atoms with Gasteiger partial charge < -0.3 is 4.18 Å². The zero-order valence-corrected chi connectivity index (χ0v) is 11.0. The summed E-state index contributed by atoms with van der Waals surface area (Å²) < 4.78 is 57.3. The van der Waals surface area contributed by atoms with Crippen molar-refractivity contribution in [2.75, 3.05) is 5.21 Å². The van der Waals surface area contributed by atoms with Gasteiger partial charge in [0, 0.05) is 6.07 Å². The van der Waals surface area contributed by atoms with Gasteiger partial charge in [0.2, 0.25) is 0 Å². The maximum absolute atomic E-state index is 11.1. The fourth-order valence-corrected chi connectivity index (χ4v) is 2.12. The Morgan fingerprint density at radius 1 is 1.29 bits per heavy atom. The molecule has 0 aromatic heterocycles. The van der Waals surface area contributed by atoms with E-state index in [9.17, 15) is 16.8 Å². The molecule has 0 radical (unpaired) electrons. The molecule has 1 aromatic carbocycles. The van der Waals surface area contributed by atoms with Crippen LogP contribution in [0.3, 0.4) is 0 Å². The molecule has 0 saturated carbocycles. The molecule has 0 aliphatic heterocycles. The second-order valence-electron chi connectivity index (χ2n) is 3.15. The SMILES string of the molecule is Cc1ccc(S(=O)(=O)O)cc1OS(=O)(=O)CCl. The molecule has 0 unspecified atom stereocenters. The molecule has 0 spiro atoms. The average Bonchev–Trinajstić information content (AvgIpc) is 2.19. The highest BCUT2D eigenvalue weighted by Crippen LogP contribution is 2.24. The highest BCUT2D eigenvalue weighted by Gasteiger charge is 2.16. The number of hydrogen-bond donors (Lipinski definition) is 1. The molecule has 96 valence electrons. The zero-order chi connectivity index (χ0) is 13.3. The van der Waals surface area contributed by atoms with E-state index in [1.807, 2.05) is 0 Å². The van der Waals surface area contributed by atoms with Crippen LogP contribution in [0.4, 0.5) is 0 Å². The molecule has 0 aliphatic rings. The number of aryl methyl sites for hydroxylation is 1. The number of alkyl halides is 1. The van der Waals surface area contributed by atoms with Crippen LogP contribution in [0.1, 0.15) is 5.56 Å². The summed E-state index contributed by atoms with van der Waals surface area (Å²) in [5.41, 5.74) is 0.395. The molecule has 17 heavy (non-hydrogen) atoms. The van der Waals surface area contributed by atoms with Gasteiger partial charge in [0.25, 0.3) is 10.1 Å². The zero-order valence-electron chi connectivity index (χ0n) is 8.62. The summed E-state index contributed by atoms with van der Waals surface area (Å²) in [7, 11) is -8.38. The number of hydrogen-bond acceptors (Lipinski definition) is 5. The lowest BCUT2D eigenvalue weighted by molar-refractivity contribution is 0.476. The van der Waals surface area contributed by atoms with Crippen molar-refractivity contribution >= 4 is 31.8 Å². The number of rotatable bonds is 4. The van der Waals surface area contributed by atoms with Crippen molar-refractivity contribution in [2.45, 2.75) is 11.8 Å². The van der Waals surface area contributed by atoms with E-state index < -0.39 is 30.3 Å². The van der Waals surface area contributed by atoms with Crippen molar-refractivity contribution in [1.29, 1.82) is 0 Å². The van der Waals surface area contributed by atoms with E-state index in [4.69, 9.17) is 16.2 Å². The highest BCUT2D eigenvalue weighted by atomic mass is 35.5. The Bertz CT molecular complexity index is 619. The van der Waals surface area contributed by atoms with E-state index in [2.05, 4.69) is 4.18 Å². The molecule has 0 aliphatic carbocycles. The highest BCUT2D eigenvalue weighted by molar-refractivity contribution is 7.88. The largest absolute Gasteiger partial charge is 0.381 e. The lowest BCUT2D eigenvalue weighted by Gasteiger charge is -2.08. The Morgan fingerprint density at radius 3 is 2.35 bits per heavy atom. The van der Waals surface area contributed by atoms with Crippen LogP contribution in [-0.2, 0) is 20.2 Å². The van der Waals surface area contributed by atoms with Crippen molar-refractivity contribution in [3.63, 3.8) is 0 Å². The van der Waals surface area contributed by atoms with Crippen LogP contribution in [-0.4, -0.2) is 26.6 Å². The predicted octanol–water partition coefficient (Wildman–Crippen LogP) is 1.15. The Morgan fingerprint density at radius 2 is 1.88 bits per heavy atom. The quantitative estimate of drug-likeness (QED) is 0.509. The summed E-state index contributed by atoms with van der Waals surface area (Å²) in [6.07, 6.45) is 0. The third kappa shape index (κ3) is 3.84. The van der Waals surface area contributed by atoms with Crippen LogP contribution < -0.4 is 4.18 Å². The van der Waals surface area contributed by atoms with Crippen LogP contribution in [0, 0.1) is 6.92 Å². The Hall–Kier alpha value is -0.830. The molecular weight excluding hydrogens is 292 g/mol. The normalized spacial score (nSPS) is 12.4. The Kier molecular flexibility index (Phi) is 4.03. The minimum atomic E-state index is -4.41. The number of benzene rings is 1. The fourth-order valence-electron chi connectivity index (χ4n) is 0.990. The lowest BCUT2D eigenvalue weighted by Crippen LogP contribution is -2.11. The molecule has 0 heterocycles. The summed E-state index contributed by atoms with van der Waals surface area (Å²) in [6, 6.07) is 3.35. The van der Waals surface area contributed by atoms with Gasteiger partial charge in [-0.15, -0.1) is 11.6 Å². The topological polar surface area (TPSA) is 97.7 Å². The average molecular weight is 301 g/mol. The summed E-state index contributed by atoms with van der Waals surface area (Å²) in [6.45, 7) is 1.52. The van der Waals surface area contributed by atoms with Gasteiger partial charge in [-0.05, 0) is 18.6 Å². The van der Waals surface area contributed by atoms with E-state index in [0.717, 1.165) is 12.1 Å².